The molecule has 0 saturated carbocycles. The molecule has 0 aliphatic carbocycles. The fourth-order valence-electron chi connectivity index (χ4n) is 4.50. The summed E-state index contributed by atoms with van der Waals surface area (Å²) in [6.45, 7) is 12.1. The molecule has 0 saturated heterocycles. The second-order valence-corrected chi connectivity index (χ2v) is 10.4. The molecule has 0 bridgehead atoms. The molecule has 38 heavy (non-hydrogen) atoms. The van der Waals surface area contributed by atoms with Gasteiger partial charge >= 0.3 is 0 Å². The van der Waals surface area contributed by atoms with Crippen molar-refractivity contribution >= 4 is 28.5 Å². The number of para-hydroxylation sites is 1. The maximum Gasteiger partial charge on any atom is 0.249 e. The van der Waals surface area contributed by atoms with Crippen LogP contribution in [0.15, 0.2) is 66.7 Å². The van der Waals surface area contributed by atoms with Crippen molar-refractivity contribution in [2.75, 3.05) is 11.5 Å². The van der Waals surface area contributed by atoms with Gasteiger partial charge in [0, 0.05) is 11.2 Å². The number of fused-ring (bicyclic) bond motifs is 1. The number of anilines is 1. The molecule has 0 aliphatic rings. The summed E-state index contributed by atoms with van der Waals surface area (Å²) in [7, 11) is 0. The van der Waals surface area contributed by atoms with Gasteiger partial charge in [-0.3, -0.25) is 14.5 Å². The van der Waals surface area contributed by atoms with Crippen LogP contribution in [-0.4, -0.2) is 39.0 Å². The molecule has 8 heteroatoms. The first kappa shape index (κ1) is 26.9. The van der Waals surface area contributed by atoms with Crippen LogP contribution in [0.3, 0.4) is 0 Å². The van der Waals surface area contributed by atoms with Crippen LogP contribution in [0.25, 0.3) is 11.0 Å². The number of nitrogens with zero attached hydrogens (tertiary/aromatic N) is 4. The molecule has 1 aromatic heterocycles. The molecule has 198 valence electrons. The van der Waals surface area contributed by atoms with Crippen LogP contribution < -0.4 is 15.0 Å². The number of ether oxygens (including phenoxy) is 1. The van der Waals surface area contributed by atoms with Crippen molar-refractivity contribution in [3.63, 3.8) is 0 Å². The number of aromatic nitrogens is 3. The van der Waals surface area contributed by atoms with Gasteiger partial charge in [0.05, 0.1) is 12.1 Å². The summed E-state index contributed by atoms with van der Waals surface area (Å²) < 4.78 is 7.19. The first-order valence-corrected chi connectivity index (χ1v) is 12.8. The third-order valence-electron chi connectivity index (χ3n) is 6.10. The second kappa shape index (κ2) is 11.0. The van der Waals surface area contributed by atoms with Gasteiger partial charge in [-0.25, -0.2) is 4.68 Å². The van der Waals surface area contributed by atoms with Crippen LogP contribution in [-0.2, 0) is 16.1 Å². The molecular formula is C30H35N5O3. The zero-order chi connectivity index (χ0) is 27.4. The van der Waals surface area contributed by atoms with Crippen LogP contribution in [0.2, 0.25) is 0 Å². The molecule has 8 nitrogen and oxygen atoms in total. The van der Waals surface area contributed by atoms with Gasteiger partial charge in [0.15, 0.2) is 0 Å². The van der Waals surface area contributed by atoms with Gasteiger partial charge in [-0.1, -0.05) is 47.2 Å². The molecule has 3 aromatic carbocycles. The molecule has 0 radical (unpaired) electrons. The molecule has 1 heterocycles. The lowest BCUT2D eigenvalue weighted by Gasteiger charge is -2.34. The van der Waals surface area contributed by atoms with Crippen molar-refractivity contribution in [2.45, 2.75) is 59.7 Å². The number of hydrogen-bond donors (Lipinski definition) is 1. The number of hydrogen-bond acceptors (Lipinski definition) is 5. The van der Waals surface area contributed by atoms with Crippen molar-refractivity contribution in [1.82, 2.24) is 20.3 Å². The predicted molar refractivity (Wildman–Crippen MR) is 149 cm³/mol. The summed E-state index contributed by atoms with van der Waals surface area (Å²) in [4.78, 5) is 29.7. The molecule has 0 fully saturated rings. The smallest absolute Gasteiger partial charge is 0.249 e. The van der Waals surface area contributed by atoms with Gasteiger partial charge < -0.3 is 10.1 Å². The number of carbonyl (C=O) groups is 2. The minimum atomic E-state index is -0.923. The Bertz CT molecular complexity index is 1440. The highest BCUT2D eigenvalue weighted by molar-refractivity contribution is 6.02. The largest absolute Gasteiger partial charge is 0.494 e. The van der Waals surface area contributed by atoms with Gasteiger partial charge in [-0.05, 0) is 83.0 Å². The summed E-state index contributed by atoms with van der Waals surface area (Å²) in [5, 5.41) is 11.5. The van der Waals surface area contributed by atoms with E-state index in [-0.39, 0.29) is 18.4 Å². The molecule has 0 aliphatic heterocycles. The van der Waals surface area contributed by atoms with Crippen molar-refractivity contribution < 1.29 is 14.3 Å². The fraction of sp³-hybridized carbons (Fsp3) is 0.333. The van der Waals surface area contributed by atoms with E-state index in [1.807, 2.05) is 108 Å². The first-order chi connectivity index (χ1) is 18.1. The van der Waals surface area contributed by atoms with Crippen LogP contribution in [0.1, 0.15) is 50.4 Å². The van der Waals surface area contributed by atoms with Crippen molar-refractivity contribution in [1.29, 1.82) is 0 Å². The van der Waals surface area contributed by atoms with Crippen LogP contribution in [0.4, 0.5) is 5.69 Å². The van der Waals surface area contributed by atoms with E-state index in [2.05, 4.69) is 15.6 Å². The third kappa shape index (κ3) is 6.02. The lowest BCUT2D eigenvalue weighted by Crippen LogP contribution is -2.50. The SMILES string of the molecule is CCOc1ccc([C@@H](C(=O)NC(C)(C)C)N(C(=O)Cn2nnc3ccccc32)c2ccc(C)cc2C)cc1. The molecule has 4 aromatic rings. The lowest BCUT2D eigenvalue weighted by atomic mass is 9.99. The van der Waals surface area contributed by atoms with Gasteiger partial charge in [0.1, 0.15) is 23.9 Å². The average Bonchev–Trinajstić information content (AvgIpc) is 3.25. The third-order valence-corrected chi connectivity index (χ3v) is 6.10. The minimum Gasteiger partial charge on any atom is -0.494 e. The number of rotatable bonds is 8. The second-order valence-electron chi connectivity index (χ2n) is 10.4. The van der Waals surface area contributed by atoms with E-state index in [9.17, 15) is 9.59 Å². The van der Waals surface area contributed by atoms with E-state index in [0.29, 0.717) is 29.1 Å². The standard InChI is InChI=1S/C30H35N5O3/c1-7-38-23-15-13-22(14-16-23)28(29(37)31-30(4,5)6)35(25-17-12-20(2)18-21(25)3)27(36)19-34-26-11-9-8-10-24(26)32-33-34/h8-18,28H,7,19H2,1-6H3,(H,31,37)/t28-/m0/s1. The van der Waals surface area contributed by atoms with Crippen molar-refractivity contribution in [3.8, 4) is 5.75 Å². The summed E-state index contributed by atoms with van der Waals surface area (Å²) in [5.41, 5.74) is 4.24. The molecule has 1 N–H and O–H groups in total. The molecule has 2 amide bonds. The predicted octanol–water partition coefficient (Wildman–Crippen LogP) is 5.14. The zero-order valence-electron chi connectivity index (χ0n) is 22.9. The van der Waals surface area contributed by atoms with Gasteiger partial charge in [0.2, 0.25) is 11.8 Å². The Morgan fingerprint density at radius 3 is 2.39 bits per heavy atom. The van der Waals surface area contributed by atoms with Crippen molar-refractivity contribution in [3.05, 3.63) is 83.4 Å². The average molecular weight is 514 g/mol. The highest BCUT2D eigenvalue weighted by atomic mass is 16.5. The first-order valence-electron chi connectivity index (χ1n) is 12.8. The maximum absolute atomic E-state index is 14.2. The normalized spacial score (nSPS) is 12.3. The number of nitrogens with one attached hydrogen (secondary N) is 1. The Morgan fingerprint density at radius 1 is 1.03 bits per heavy atom. The van der Waals surface area contributed by atoms with Crippen molar-refractivity contribution in [2.24, 2.45) is 0 Å². The molecular weight excluding hydrogens is 478 g/mol. The fourth-order valence-corrected chi connectivity index (χ4v) is 4.50. The zero-order valence-corrected chi connectivity index (χ0v) is 22.9. The number of amides is 2. The van der Waals surface area contributed by atoms with E-state index in [0.717, 1.165) is 16.6 Å². The Kier molecular flexibility index (Phi) is 7.80. The van der Waals surface area contributed by atoms with E-state index < -0.39 is 11.6 Å². The summed E-state index contributed by atoms with van der Waals surface area (Å²) in [6.07, 6.45) is 0. The van der Waals surface area contributed by atoms with E-state index in [4.69, 9.17) is 4.74 Å². The molecule has 1 atom stereocenters. The van der Waals surface area contributed by atoms with E-state index in [1.165, 1.54) is 0 Å². The quantitative estimate of drug-likeness (QED) is 0.353. The topological polar surface area (TPSA) is 89.4 Å². The van der Waals surface area contributed by atoms with E-state index >= 15 is 0 Å². The van der Waals surface area contributed by atoms with Crippen LogP contribution in [0, 0.1) is 13.8 Å². The number of carbonyl (C=O) groups excluding carboxylic acids is 2. The lowest BCUT2D eigenvalue weighted by molar-refractivity contribution is -0.128. The summed E-state index contributed by atoms with van der Waals surface area (Å²) in [6, 6.07) is 19.8. The monoisotopic (exact) mass is 513 g/mol. The van der Waals surface area contributed by atoms with Gasteiger partial charge in [-0.15, -0.1) is 5.10 Å². The number of benzene rings is 3. The molecule has 4 rings (SSSR count). The Hall–Kier alpha value is -4.20. The maximum atomic E-state index is 14.2. The van der Waals surface area contributed by atoms with Gasteiger partial charge in [-0.2, -0.15) is 0 Å². The van der Waals surface area contributed by atoms with E-state index in [1.54, 1.807) is 9.58 Å². The highest BCUT2D eigenvalue weighted by Gasteiger charge is 2.35. The molecule has 0 spiro atoms. The number of aryl methyl sites for hydroxylation is 2. The Balaban J connectivity index is 1.84. The molecule has 0 unspecified atom stereocenters. The summed E-state index contributed by atoms with van der Waals surface area (Å²) in [5.74, 6) is 0.138. The minimum absolute atomic E-state index is 0.0792. The van der Waals surface area contributed by atoms with Gasteiger partial charge in [0.25, 0.3) is 0 Å². The highest BCUT2D eigenvalue weighted by Crippen LogP contribution is 2.33. The van der Waals surface area contributed by atoms with Crippen LogP contribution in [0.5, 0.6) is 5.75 Å². The summed E-state index contributed by atoms with van der Waals surface area (Å²) >= 11 is 0. The van der Waals surface area contributed by atoms with Crippen LogP contribution >= 0.6 is 0 Å². The Labute approximate surface area is 223 Å². The Morgan fingerprint density at radius 2 is 1.74 bits per heavy atom.